The van der Waals surface area contributed by atoms with Gasteiger partial charge in [-0.05, 0) is 30.3 Å². The summed E-state index contributed by atoms with van der Waals surface area (Å²) in [5.74, 6) is -2.09. The van der Waals surface area contributed by atoms with Crippen LogP contribution in [0.25, 0.3) is 11.1 Å². The highest BCUT2D eigenvalue weighted by Crippen LogP contribution is 2.27. The number of benzene rings is 2. The van der Waals surface area contributed by atoms with E-state index in [2.05, 4.69) is 30.3 Å². The van der Waals surface area contributed by atoms with Gasteiger partial charge in [-0.2, -0.15) is 4.98 Å². The zero-order chi connectivity index (χ0) is 21.3. The second-order valence-electron chi connectivity index (χ2n) is 5.94. The highest BCUT2D eigenvalue weighted by molar-refractivity contribution is 5.78. The molecule has 0 amide bonds. The van der Waals surface area contributed by atoms with Crippen molar-refractivity contribution in [1.82, 2.24) is 15.0 Å². The lowest BCUT2D eigenvalue weighted by Crippen LogP contribution is -2.17. The summed E-state index contributed by atoms with van der Waals surface area (Å²) in [6.45, 7) is 0. The van der Waals surface area contributed by atoms with Crippen molar-refractivity contribution in [3.63, 3.8) is 0 Å². The molecule has 4 aromatic rings. The van der Waals surface area contributed by atoms with Gasteiger partial charge in [0.1, 0.15) is 5.75 Å². The second-order valence-corrected chi connectivity index (χ2v) is 5.94. The number of oxazole rings is 1. The Labute approximate surface area is 164 Å². The lowest BCUT2D eigenvalue weighted by molar-refractivity contribution is -0.274. The van der Waals surface area contributed by atoms with Gasteiger partial charge in [-0.15, -0.1) is 13.2 Å². The lowest BCUT2D eigenvalue weighted by atomic mass is 10.3. The summed E-state index contributed by atoms with van der Waals surface area (Å²) in [5.41, 5.74) is 1.34. The smallest absolute Gasteiger partial charge is 0.408 e. The van der Waals surface area contributed by atoms with E-state index in [4.69, 9.17) is 4.42 Å². The molecule has 30 heavy (non-hydrogen) atoms. The zero-order valence-corrected chi connectivity index (χ0v) is 14.7. The number of nitrogens with one attached hydrogen (secondary N) is 3. The fraction of sp³-hybridized carbons (Fsp3) is 0.0556. The van der Waals surface area contributed by atoms with Gasteiger partial charge in [-0.25, -0.2) is 14.2 Å². The normalized spacial score (nSPS) is 11.5. The van der Waals surface area contributed by atoms with Crippen LogP contribution in [0.2, 0.25) is 0 Å². The number of anilines is 4. The molecular formula is C18H11F4N5O3. The number of hydrogen-bond donors (Lipinski definition) is 3. The molecular weight excluding hydrogens is 410 g/mol. The Balaban J connectivity index is 1.55. The number of alkyl halides is 3. The van der Waals surface area contributed by atoms with E-state index in [1.54, 1.807) is 6.07 Å². The molecule has 0 radical (unpaired) electrons. The standard InChI is InChI=1S/C18H11F4N5O3/c19-12-8-23-16(25-9-2-1-3-11(6-9)30-18(20,21)22)27-15(12)24-10-4-5-14-13(7-10)26-17(28)29-14/h1-8H,(H,26,28)(H2,23,24,25,27). The maximum atomic E-state index is 14.1. The van der Waals surface area contributed by atoms with E-state index in [0.29, 0.717) is 16.8 Å². The van der Waals surface area contributed by atoms with Crippen molar-refractivity contribution < 1.29 is 26.7 Å². The summed E-state index contributed by atoms with van der Waals surface area (Å²) < 4.78 is 60.0. The molecule has 0 saturated carbocycles. The van der Waals surface area contributed by atoms with Crippen LogP contribution >= 0.6 is 0 Å². The third-order valence-corrected chi connectivity index (χ3v) is 3.75. The molecule has 0 saturated heterocycles. The van der Waals surface area contributed by atoms with E-state index in [1.807, 2.05) is 0 Å². The SMILES string of the molecule is O=c1[nH]c2cc(Nc3nc(Nc4cccc(OC(F)(F)F)c4)ncc3F)ccc2o1. The summed E-state index contributed by atoms with van der Waals surface area (Å²) in [7, 11) is 0. The number of aromatic amines is 1. The van der Waals surface area contributed by atoms with Gasteiger partial charge in [0.2, 0.25) is 5.95 Å². The van der Waals surface area contributed by atoms with Crippen molar-refractivity contribution in [2.24, 2.45) is 0 Å². The van der Waals surface area contributed by atoms with Crippen LogP contribution in [0.3, 0.4) is 0 Å². The molecule has 2 aromatic heterocycles. The Bertz CT molecular complexity index is 1270. The minimum Gasteiger partial charge on any atom is -0.408 e. The third-order valence-electron chi connectivity index (χ3n) is 3.75. The predicted molar refractivity (Wildman–Crippen MR) is 98.5 cm³/mol. The van der Waals surface area contributed by atoms with Crippen LogP contribution < -0.4 is 21.1 Å². The van der Waals surface area contributed by atoms with Crippen LogP contribution in [0, 0.1) is 5.82 Å². The van der Waals surface area contributed by atoms with Crippen LogP contribution in [0.15, 0.2) is 57.9 Å². The molecule has 0 aliphatic heterocycles. The first-order chi connectivity index (χ1) is 14.2. The molecule has 0 unspecified atom stereocenters. The highest BCUT2D eigenvalue weighted by Gasteiger charge is 2.31. The molecule has 8 nitrogen and oxygen atoms in total. The molecule has 0 spiro atoms. The first-order valence-electron chi connectivity index (χ1n) is 8.30. The molecule has 2 heterocycles. The predicted octanol–water partition coefficient (Wildman–Crippen LogP) is 4.44. The van der Waals surface area contributed by atoms with Crippen molar-refractivity contribution in [2.75, 3.05) is 10.6 Å². The average Bonchev–Trinajstić information content (AvgIpc) is 3.03. The van der Waals surface area contributed by atoms with Crippen LogP contribution in [0.5, 0.6) is 5.75 Å². The van der Waals surface area contributed by atoms with Crippen LogP contribution in [-0.4, -0.2) is 21.3 Å². The van der Waals surface area contributed by atoms with Crippen molar-refractivity contribution in [3.8, 4) is 5.75 Å². The number of hydrogen-bond acceptors (Lipinski definition) is 7. The molecule has 0 atom stereocenters. The summed E-state index contributed by atoms with van der Waals surface area (Å²) in [5, 5.41) is 5.42. The van der Waals surface area contributed by atoms with Gasteiger partial charge in [0.25, 0.3) is 0 Å². The quantitative estimate of drug-likeness (QED) is 0.409. The molecule has 0 bridgehead atoms. The molecule has 0 aliphatic carbocycles. The Morgan fingerprint density at radius 1 is 1.07 bits per heavy atom. The maximum Gasteiger partial charge on any atom is 0.573 e. The van der Waals surface area contributed by atoms with Crippen molar-refractivity contribution in [1.29, 1.82) is 0 Å². The summed E-state index contributed by atoms with van der Waals surface area (Å²) in [6.07, 6.45) is -3.94. The Morgan fingerprint density at radius 2 is 1.87 bits per heavy atom. The van der Waals surface area contributed by atoms with Gasteiger partial charge < -0.3 is 19.8 Å². The molecule has 154 valence electrons. The average molecular weight is 421 g/mol. The second kappa shape index (κ2) is 7.39. The molecule has 12 heteroatoms. The molecule has 0 fully saturated rings. The minimum absolute atomic E-state index is 0.0687. The highest BCUT2D eigenvalue weighted by atomic mass is 19.4. The summed E-state index contributed by atoms with van der Waals surface area (Å²) in [4.78, 5) is 21.5. The molecule has 3 N–H and O–H groups in total. The fourth-order valence-corrected chi connectivity index (χ4v) is 2.58. The molecule has 4 rings (SSSR count). The lowest BCUT2D eigenvalue weighted by Gasteiger charge is -2.12. The molecule has 2 aromatic carbocycles. The van der Waals surface area contributed by atoms with Gasteiger partial charge in [0.15, 0.2) is 17.2 Å². The number of H-pyrrole nitrogens is 1. The first-order valence-corrected chi connectivity index (χ1v) is 8.30. The van der Waals surface area contributed by atoms with Crippen LogP contribution in [0.1, 0.15) is 0 Å². The number of halogens is 4. The van der Waals surface area contributed by atoms with Gasteiger partial charge >= 0.3 is 12.1 Å². The Morgan fingerprint density at radius 3 is 2.67 bits per heavy atom. The largest absolute Gasteiger partial charge is 0.573 e. The Kier molecular flexibility index (Phi) is 4.74. The van der Waals surface area contributed by atoms with E-state index >= 15 is 0 Å². The van der Waals surface area contributed by atoms with Crippen molar-refractivity contribution in [3.05, 3.63) is 65.0 Å². The van der Waals surface area contributed by atoms with E-state index in [-0.39, 0.29) is 17.5 Å². The van der Waals surface area contributed by atoms with E-state index < -0.39 is 23.7 Å². The van der Waals surface area contributed by atoms with Gasteiger partial charge in [-0.1, -0.05) is 6.07 Å². The number of rotatable bonds is 5. The zero-order valence-electron chi connectivity index (χ0n) is 14.7. The van der Waals surface area contributed by atoms with E-state index in [0.717, 1.165) is 18.3 Å². The van der Waals surface area contributed by atoms with Gasteiger partial charge in [0.05, 0.1) is 11.7 Å². The van der Waals surface area contributed by atoms with Gasteiger partial charge in [-0.3, -0.25) is 4.98 Å². The first kappa shape index (κ1) is 19.2. The van der Waals surface area contributed by atoms with Gasteiger partial charge in [0, 0.05) is 17.4 Å². The number of ether oxygens (including phenoxy) is 1. The molecule has 0 aliphatic rings. The van der Waals surface area contributed by atoms with Crippen molar-refractivity contribution >= 4 is 34.2 Å². The van der Waals surface area contributed by atoms with E-state index in [1.165, 1.54) is 24.3 Å². The van der Waals surface area contributed by atoms with Crippen molar-refractivity contribution in [2.45, 2.75) is 6.36 Å². The van der Waals surface area contributed by atoms with E-state index in [9.17, 15) is 22.4 Å². The summed E-state index contributed by atoms with van der Waals surface area (Å²) in [6, 6.07) is 9.61. The Hall–Kier alpha value is -4.09. The number of aromatic nitrogens is 3. The maximum absolute atomic E-state index is 14.1. The number of nitrogens with zero attached hydrogens (tertiary/aromatic N) is 2. The summed E-state index contributed by atoms with van der Waals surface area (Å²) >= 11 is 0. The minimum atomic E-state index is -4.83. The third kappa shape index (κ3) is 4.48. The monoisotopic (exact) mass is 421 g/mol. The van der Waals surface area contributed by atoms with Crippen LogP contribution in [0.4, 0.5) is 40.7 Å². The van der Waals surface area contributed by atoms with Crippen LogP contribution in [-0.2, 0) is 0 Å². The number of fused-ring (bicyclic) bond motifs is 1. The fourth-order valence-electron chi connectivity index (χ4n) is 2.58. The topological polar surface area (TPSA) is 105 Å².